The molecule has 20 aromatic carbocycles. The molecule has 0 spiro atoms. The van der Waals surface area contributed by atoms with Crippen LogP contribution in [0.5, 0.6) is 0 Å². The largest absolute Gasteiger partial charge is 0.309 e. The minimum absolute atomic E-state index is 0.00850. The van der Waals surface area contributed by atoms with Gasteiger partial charge in [0.05, 0.1) is 44.1 Å². The van der Waals surface area contributed by atoms with E-state index in [1.165, 1.54) is 280 Å². The molecular formula is C132H92N4S4. The number of aromatic nitrogens is 4. The van der Waals surface area contributed by atoms with Crippen LogP contribution in [0.4, 0.5) is 0 Å². The molecule has 0 aliphatic heterocycles. The second kappa shape index (κ2) is 30.0. The summed E-state index contributed by atoms with van der Waals surface area (Å²) in [6.07, 6.45) is 0. The number of para-hydroxylation sites is 4. The summed E-state index contributed by atoms with van der Waals surface area (Å²) in [4.78, 5) is 5.75. The number of nitrogens with zero attached hydrogens (tertiary/aromatic N) is 4. The van der Waals surface area contributed by atoms with E-state index in [-0.39, 0.29) is 21.7 Å². The first-order valence-corrected chi connectivity index (χ1v) is 52.1. The van der Waals surface area contributed by atoms with E-state index in [2.05, 4.69) is 486 Å². The van der Waals surface area contributed by atoms with Crippen LogP contribution in [0.2, 0.25) is 0 Å². The van der Waals surface area contributed by atoms with Crippen LogP contribution in [0.25, 0.3) is 235 Å². The predicted molar refractivity (Wildman–Crippen MR) is 605 cm³/mol. The van der Waals surface area contributed by atoms with E-state index in [0.717, 1.165) is 0 Å². The van der Waals surface area contributed by atoms with Gasteiger partial charge in [-0.05, 0) is 253 Å². The van der Waals surface area contributed by atoms with Gasteiger partial charge in [0.1, 0.15) is 0 Å². The first-order valence-electron chi connectivity index (χ1n) is 48.8. The zero-order valence-electron chi connectivity index (χ0n) is 78.7. The highest BCUT2D eigenvalue weighted by molar-refractivity contribution is 7.24. The number of benzene rings is 20. The number of fused-ring (bicyclic) bond motifs is 37. The Morgan fingerprint density at radius 1 is 0.171 bits per heavy atom. The van der Waals surface area contributed by atoms with E-state index in [1.807, 2.05) is 45.3 Å². The van der Waals surface area contributed by atoms with Crippen LogP contribution in [0.3, 0.4) is 0 Å². The molecular weight excluding hydrogens is 1770 g/mol. The Morgan fingerprint density at radius 2 is 0.486 bits per heavy atom. The third-order valence-corrected chi connectivity index (χ3v) is 36.6. The number of hydrogen-bond acceptors (Lipinski definition) is 4. The average molecular weight is 1860 g/mol. The Labute approximate surface area is 826 Å². The van der Waals surface area contributed by atoms with Crippen molar-refractivity contribution in [1.29, 1.82) is 0 Å². The van der Waals surface area contributed by atoms with Crippen molar-refractivity contribution in [2.75, 3.05) is 0 Å². The van der Waals surface area contributed by atoms with Crippen molar-refractivity contribution in [3.63, 3.8) is 0 Å². The molecule has 0 atom stereocenters. The van der Waals surface area contributed by atoms with Crippen LogP contribution in [0.15, 0.2) is 413 Å². The molecule has 28 aromatic rings. The van der Waals surface area contributed by atoms with Gasteiger partial charge in [0.25, 0.3) is 0 Å². The van der Waals surface area contributed by atoms with Gasteiger partial charge in [-0.15, -0.1) is 45.3 Å². The summed E-state index contributed by atoms with van der Waals surface area (Å²) in [5.74, 6) is 0. The summed E-state index contributed by atoms with van der Waals surface area (Å²) in [5.41, 5.74) is 32.3. The summed E-state index contributed by atoms with van der Waals surface area (Å²) in [6.45, 7) is 19.1. The van der Waals surface area contributed by atoms with E-state index >= 15 is 0 Å². The van der Waals surface area contributed by atoms with E-state index in [4.69, 9.17) is 0 Å². The first kappa shape index (κ1) is 81.6. The fraction of sp³-hybridized carbons (Fsp3) is 0.0909. The molecule has 4 aliphatic rings. The maximum absolute atomic E-state index is 2.51. The first-order chi connectivity index (χ1) is 68.5. The monoisotopic (exact) mass is 1860 g/mol. The molecule has 0 fully saturated rings. The highest BCUT2D eigenvalue weighted by Crippen LogP contribution is 2.63. The van der Waals surface area contributed by atoms with E-state index in [0.29, 0.717) is 0 Å². The number of hydrogen-bond donors (Lipinski definition) is 0. The third-order valence-electron chi connectivity index (χ3n) is 31.8. The smallest absolute Gasteiger partial charge is 0.0630 e. The molecule has 0 bridgehead atoms. The van der Waals surface area contributed by atoms with Crippen molar-refractivity contribution in [2.24, 2.45) is 0 Å². The fourth-order valence-corrected chi connectivity index (χ4v) is 30.9. The predicted octanol–water partition coefficient (Wildman–Crippen LogP) is 37.8. The van der Waals surface area contributed by atoms with Crippen molar-refractivity contribution >= 4 is 216 Å². The van der Waals surface area contributed by atoms with Crippen LogP contribution in [0.1, 0.15) is 99.9 Å². The summed E-state index contributed by atoms with van der Waals surface area (Å²) in [6, 6.07) is 152. The van der Waals surface area contributed by atoms with Gasteiger partial charge in [-0.3, -0.25) is 0 Å². The van der Waals surface area contributed by atoms with Crippen LogP contribution < -0.4 is 0 Å². The van der Waals surface area contributed by atoms with Gasteiger partial charge < -0.3 is 18.3 Å². The molecule has 4 nitrogen and oxygen atoms in total. The summed E-state index contributed by atoms with van der Waals surface area (Å²) >= 11 is 7.78. The molecule has 0 saturated heterocycles. The number of rotatable bonds is 4. The van der Waals surface area contributed by atoms with Gasteiger partial charge in [0, 0.05) is 131 Å². The van der Waals surface area contributed by atoms with Gasteiger partial charge in [-0.2, -0.15) is 0 Å². The zero-order chi connectivity index (χ0) is 93.2. The summed E-state index contributed by atoms with van der Waals surface area (Å²) in [7, 11) is 0. The maximum Gasteiger partial charge on any atom is 0.0630 e. The van der Waals surface area contributed by atoms with Gasteiger partial charge in [0.2, 0.25) is 0 Å². The molecule has 8 heterocycles. The molecule has 664 valence electrons. The lowest BCUT2D eigenvalue weighted by molar-refractivity contribution is 0.667. The van der Waals surface area contributed by atoms with Gasteiger partial charge >= 0.3 is 0 Å². The van der Waals surface area contributed by atoms with Crippen LogP contribution in [-0.2, 0) is 21.7 Å². The second-order valence-corrected chi connectivity index (χ2v) is 45.1. The van der Waals surface area contributed by atoms with E-state index < -0.39 is 0 Å². The van der Waals surface area contributed by atoms with E-state index in [9.17, 15) is 0 Å². The molecule has 8 aromatic heterocycles. The topological polar surface area (TPSA) is 19.7 Å². The van der Waals surface area contributed by atoms with Crippen LogP contribution >= 0.6 is 45.3 Å². The second-order valence-electron chi connectivity index (χ2n) is 40.9. The Morgan fingerprint density at radius 3 is 0.964 bits per heavy atom. The Bertz CT molecular complexity index is 10200. The van der Waals surface area contributed by atoms with Gasteiger partial charge in [0.15, 0.2) is 0 Å². The average Bonchev–Trinajstić information content (AvgIpc) is 1.52. The minimum Gasteiger partial charge on any atom is -0.309 e. The maximum atomic E-state index is 2.51. The van der Waals surface area contributed by atoms with Crippen molar-refractivity contribution in [3.05, 3.63) is 457 Å². The molecule has 140 heavy (non-hydrogen) atoms. The van der Waals surface area contributed by atoms with Crippen LogP contribution in [-0.4, -0.2) is 18.3 Å². The Kier molecular flexibility index (Phi) is 17.5. The van der Waals surface area contributed by atoms with Crippen molar-refractivity contribution < 1.29 is 0 Å². The lowest BCUT2D eigenvalue weighted by atomic mass is 9.81. The molecule has 0 N–H and O–H groups in total. The zero-order valence-corrected chi connectivity index (χ0v) is 81.9. The molecule has 4 aliphatic carbocycles. The van der Waals surface area contributed by atoms with E-state index in [1.54, 1.807) is 0 Å². The molecule has 0 radical (unpaired) electrons. The molecule has 0 amide bonds. The lowest BCUT2D eigenvalue weighted by Gasteiger charge is -2.22. The molecule has 0 saturated carbocycles. The van der Waals surface area contributed by atoms with Crippen LogP contribution in [0, 0.1) is 0 Å². The Balaban J connectivity index is 0.0000000896. The Hall–Kier alpha value is -15.5. The minimum atomic E-state index is -0.0386. The van der Waals surface area contributed by atoms with Gasteiger partial charge in [-0.25, -0.2) is 0 Å². The van der Waals surface area contributed by atoms with Gasteiger partial charge in [-0.1, -0.05) is 341 Å². The normalized spacial score (nSPS) is 14.2. The van der Waals surface area contributed by atoms with Crippen molar-refractivity contribution in [2.45, 2.75) is 77.0 Å². The summed E-state index contributed by atoms with van der Waals surface area (Å²) in [5, 5.41) is 26.3. The fourth-order valence-electron chi connectivity index (χ4n) is 25.3. The quantitative estimate of drug-likeness (QED) is 0.167. The molecule has 32 rings (SSSR count). The summed E-state index contributed by atoms with van der Waals surface area (Å²) < 4.78 is 15.4. The highest BCUT2D eigenvalue weighted by Gasteiger charge is 2.45. The highest BCUT2D eigenvalue weighted by atomic mass is 32.1. The van der Waals surface area contributed by atoms with Crippen molar-refractivity contribution in [3.8, 4) is 64.5 Å². The standard InChI is InChI=1S/4C33H23NS/c1-33(2)27-13-7-5-12-24(27)32-31(33)26-18-25-23-11-6-8-14-28(23)34(29(25)19-30(26)35-32)22-16-15-20-9-3-4-10-21(20)17-22;1-33(2)27-18-25-23-11-5-7-13-28(23)34(22-16-15-20-9-3-4-10-21(20)17-22)29(25)19-26(27)32-31(33)24-12-6-8-14-30(24)35-32;1-33(2)27-19-29-25(18-26(27)32-31(33)24-12-6-8-14-30(24)35-32)23-11-5-7-13-28(23)34(29)22-16-15-20-9-3-4-10-21(20)17-22;1-33(2)26-18-17-24-23-11-5-7-13-27(23)34(22-16-15-20-9-3-4-10-21(20)19-22)31(24)29(26)32-30(33)25-12-6-8-14-28(25)35-32/h4*3-19H,1-2H3. The molecule has 0 unspecified atom stereocenters. The molecule has 8 heteroatoms. The SMILES string of the molecule is CC1(C)c2cc3c(cc2-c2sc4ccccc4c21)c1ccccc1n3-c1ccc2ccccc2c1.CC1(C)c2cc3c4ccccc4n(-c4ccc5ccccc5c4)c3cc2-c2sc3ccccc3c21.CC1(C)c2ccc3c4ccccc4n(-c4ccc5ccccc5c4)c3c2-c2sc3ccccc3c21.CC1(C)c2ccccc2-c2sc3cc4c(cc3c21)c1ccccc1n4-c1ccc2ccccc2c1. The van der Waals surface area contributed by atoms with Crippen molar-refractivity contribution in [1.82, 2.24) is 18.3 Å². The third kappa shape index (κ3) is 11.7. The lowest BCUT2D eigenvalue weighted by Crippen LogP contribution is -2.15. The number of thiophene rings is 4.